The predicted octanol–water partition coefficient (Wildman–Crippen LogP) is 3.71. The van der Waals surface area contributed by atoms with E-state index in [1.165, 1.54) is 0 Å². The van der Waals surface area contributed by atoms with Crippen molar-refractivity contribution >= 4 is 21.6 Å². The molecule has 0 saturated heterocycles. The Morgan fingerprint density at radius 1 is 1.12 bits per heavy atom. The monoisotopic (exact) mass is 277 g/mol. The zero-order valence-corrected chi connectivity index (χ0v) is 10.5. The van der Waals surface area contributed by atoms with Crippen molar-refractivity contribution in [1.82, 2.24) is 0 Å². The molecule has 0 fully saturated rings. The largest absolute Gasteiger partial charge is 0.496 e. The topological polar surface area (TPSA) is 35.2 Å². The highest BCUT2D eigenvalue weighted by atomic mass is 79.9. The van der Waals surface area contributed by atoms with Crippen LogP contribution in [-0.4, -0.2) is 7.11 Å². The van der Waals surface area contributed by atoms with Crippen LogP contribution in [-0.2, 0) is 0 Å². The van der Waals surface area contributed by atoms with Crippen LogP contribution in [0.2, 0.25) is 0 Å². The van der Waals surface area contributed by atoms with Gasteiger partial charge in [0.25, 0.3) is 0 Å². The third-order valence-electron chi connectivity index (χ3n) is 2.34. The second-order valence-corrected chi connectivity index (χ2v) is 4.39. The molecule has 0 unspecified atom stereocenters. The van der Waals surface area contributed by atoms with Gasteiger partial charge >= 0.3 is 0 Å². The van der Waals surface area contributed by atoms with E-state index in [2.05, 4.69) is 15.9 Å². The third kappa shape index (κ3) is 2.19. The molecule has 16 heavy (non-hydrogen) atoms. The molecule has 2 aromatic carbocycles. The van der Waals surface area contributed by atoms with E-state index in [9.17, 15) is 0 Å². The lowest BCUT2D eigenvalue weighted by Gasteiger charge is -2.09. The summed E-state index contributed by atoms with van der Waals surface area (Å²) < 4.78 is 6.29. The molecule has 0 aliphatic carbocycles. The fraction of sp³-hybridized carbons (Fsp3) is 0.0769. The Morgan fingerprint density at radius 3 is 2.56 bits per heavy atom. The van der Waals surface area contributed by atoms with E-state index < -0.39 is 0 Å². The van der Waals surface area contributed by atoms with Gasteiger partial charge in [0.05, 0.1) is 7.11 Å². The first kappa shape index (κ1) is 11.0. The first-order valence-electron chi connectivity index (χ1n) is 4.90. The van der Waals surface area contributed by atoms with Crippen molar-refractivity contribution in [3.8, 4) is 16.9 Å². The Kier molecular flexibility index (Phi) is 3.15. The summed E-state index contributed by atoms with van der Waals surface area (Å²) in [4.78, 5) is 0. The molecule has 2 N–H and O–H groups in total. The zero-order valence-electron chi connectivity index (χ0n) is 8.91. The van der Waals surface area contributed by atoms with E-state index in [1.54, 1.807) is 7.11 Å². The van der Waals surface area contributed by atoms with Crippen LogP contribution in [0, 0.1) is 0 Å². The number of nitrogen functional groups attached to an aromatic ring is 1. The van der Waals surface area contributed by atoms with E-state index in [-0.39, 0.29) is 0 Å². The molecule has 0 radical (unpaired) electrons. The van der Waals surface area contributed by atoms with Crippen LogP contribution in [0.4, 0.5) is 5.69 Å². The van der Waals surface area contributed by atoms with Gasteiger partial charge in [-0.2, -0.15) is 0 Å². The maximum Gasteiger partial charge on any atom is 0.126 e. The number of nitrogens with two attached hydrogens (primary N) is 1. The van der Waals surface area contributed by atoms with E-state index in [0.29, 0.717) is 0 Å². The molecule has 2 nitrogen and oxygen atoms in total. The molecule has 82 valence electrons. The van der Waals surface area contributed by atoms with Gasteiger partial charge in [0.1, 0.15) is 5.75 Å². The molecule has 0 atom stereocenters. The van der Waals surface area contributed by atoms with Gasteiger partial charge in [-0.25, -0.2) is 0 Å². The summed E-state index contributed by atoms with van der Waals surface area (Å²) in [6.07, 6.45) is 0. The lowest BCUT2D eigenvalue weighted by molar-refractivity contribution is 0.416. The second kappa shape index (κ2) is 4.58. The fourth-order valence-corrected chi connectivity index (χ4v) is 2.16. The SMILES string of the molecule is COc1ccccc1-c1cc(N)cc(Br)c1. The molecular weight excluding hydrogens is 266 g/mol. The van der Waals surface area contributed by atoms with Crippen molar-refractivity contribution in [1.29, 1.82) is 0 Å². The Bertz CT molecular complexity index is 491. The Labute approximate surface area is 103 Å². The molecule has 2 rings (SSSR count). The molecule has 0 saturated carbocycles. The quantitative estimate of drug-likeness (QED) is 0.850. The molecular formula is C13H12BrNO. The molecule has 0 aliphatic rings. The van der Waals surface area contributed by atoms with Gasteiger partial charge in [-0.05, 0) is 29.8 Å². The second-order valence-electron chi connectivity index (χ2n) is 3.47. The molecule has 0 bridgehead atoms. The normalized spacial score (nSPS) is 10.1. The minimum atomic E-state index is 0.732. The Hall–Kier alpha value is -1.48. The van der Waals surface area contributed by atoms with Crippen molar-refractivity contribution in [2.24, 2.45) is 0 Å². The number of hydrogen-bond donors (Lipinski definition) is 1. The summed E-state index contributed by atoms with van der Waals surface area (Å²) >= 11 is 3.44. The third-order valence-corrected chi connectivity index (χ3v) is 2.80. The number of hydrogen-bond acceptors (Lipinski definition) is 2. The first-order chi connectivity index (χ1) is 7.70. The van der Waals surface area contributed by atoms with Gasteiger partial charge in [-0.1, -0.05) is 34.1 Å². The van der Waals surface area contributed by atoms with E-state index in [1.807, 2.05) is 42.5 Å². The van der Waals surface area contributed by atoms with Crippen molar-refractivity contribution in [3.63, 3.8) is 0 Å². The van der Waals surface area contributed by atoms with Gasteiger partial charge in [0.15, 0.2) is 0 Å². The minimum absolute atomic E-state index is 0.732. The zero-order chi connectivity index (χ0) is 11.5. The lowest BCUT2D eigenvalue weighted by Crippen LogP contribution is -1.90. The number of benzene rings is 2. The van der Waals surface area contributed by atoms with Crippen LogP contribution < -0.4 is 10.5 Å². The van der Waals surface area contributed by atoms with Crippen LogP contribution in [0.25, 0.3) is 11.1 Å². The summed E-state index contributed by atoms with van der Waals surface area (Å²) in [5, 5.41) is 0. The standard InChI is InChI=1S/C13H12BrNO/c1-16-13-5-3-2-4-12(13)9-6-10(14)8-11(15)7-9/h2-8H,15H2,1H3. The van der Waals surface area contributed by atoms with Crippen LogP contribution in [0.15, 0.2) is 46.9 Å². The van der Waals surface area contributed by atoms with E-state index in [4.69, 9.17) is 10.5 Å². The van der Waals surface area contributed by atoms with Gasteiger partial charge < -0.3 is 10.5 Å². The smallest absolute Gasteiger partial charge is 0.126 e. The summed E-state index contributed by atoms with van der Waals surface area (Å²) in [7, 11) is 1.67. The number of anilines is 1. The average molecular weight is 278 g/mol. The van der Waals surface area contributed by atoms with Gasteiger partial charge in [0, 0.05) is 15.7 Å². The van der Waals surface area contributed by atoms with Crippen LogP contribution in [0.3, 0.4) is 0 Å². The Morgan fingerprint density at radius 2 is 1.88 bits per heavy atom. The molecule has 0 amide bonds. The number of ether oxygens (including phenoxy) is 1. The first-order valence-corrected chi connectivity index (χ1v) is 5.69. The number of methoxy groups -OCH3 is 1. The summed E-state index contributed by atoms with van der Waals surface area (Å²) in [6, 6.07) is 13.7. The number of rotatable bonds is 2. The van der Waals surface area contributed by atoms with Crippen molar-refractivity contribution in [2.45, 2.75) is 0 Å². The molecule has 2 aromatic rings. The molecule has 3 heteroatoms. The van der Waals surface area contributed by atoms with E-state index >= 15 is 0 Å². The summed E-state index contributed by atoms with van der Waals surface area (Å²) in [5.74, 6) is 0.847. The summed E-state index contributed by atoms with van der Waals surface area (Å²) in [5.41, 5.74) is 8.63. The van der Waals surface area contributed by atoms with E-state index in [0.717, 1.165) is 27.0 Å². The molecule has 0 aromatic heterocycles. The van der Waals surface area contributed by atoms with Crippen molar-refractivity contribution in [3.05, 3.63) is 46.9 Å². The maximum absolute atomic E-state index is 5.82. The van der Waals surface area contributed by atoms with Crippen LogP contribution in [0.1, 0.15) is 0 Å². The van der Waals surface area contributed by atoms with Gasteiger partial charge in [0.2, 0.25) is 0 Å². The minimum Gasteiger partial charge on any atom is -0.496 e. The summed E-state index contributed by atoms with van der Waals surface area (Å²) in [6.45, 7) is 0. The highest BCUT2D eigenvalue weighted by molar-refractivity contribution is 9.10. The average Bonchev–Trinajstić information content (AvgIpc) is 2.27. The highest BCUT2D eigenvalue weighted by Gasteiger charge is 2.05. The van der Waals surface area contributed by atoms with Crippen molar-refractivity contribution < 1.29 is 4.74 Å². The number of halogens is 1. The fourth-order valence-electron chi connectivity index (χ4n) is 1.65. The number of para-hydroxylation sites is 1. The van der Waals surface area contributed by atoms with Gasteiger partial charge in [-0.3, -0.25) is 0 Å². The van der Waals surface area contributed by atoms with Crippen molar-refractivity contribution in [2.75, 3.05) is 12.8 Å². The predicted molar refractivity (Wildman–Crippen MR) is 70.5 cm³/mol. The van der Waals surface area contributed by atoms with Crippen LogP contribution in [0.5, 0.6) is 5.75 Å². The maximum atomic E-state index is 5.82. The highest BCUT2D eigenvalue weighted by Crippen LogP contribution is 2.32. The van der Waals surface area contributed by atoms with Crippen LogP contribution >= 0.6 is 15.9 Å². The molecule has 0 spiro atoms. The molecule has 0 heterocycles. The molecule has 0 aliphatic heterocycles. The Balaban J connectivity index is 2.58. The van der Waals surface area contributed by atoms with Gasteiger partial charge in [-0.15, -0.1) is 0 Å². The lowest BCUT2D eigenvalue weighted by atomic mass is 10.0.